The van der Waals surface area contributed by atoms with Crippen LogP contribution in [-0.2, 0) is 7.05 Å². The normalized spacial score (nSPS) is 14.2. The number of benzene rings is 1. The maximum Gasteiger partial charge on any atom is 0.212 e. The summed E-state index contributed by atoms with van der Waals surface area (Å²) < 4.78 is 25.1. The van der Waals surface area contributed by atoms with Crippen molar-refractivity contribution in [1.29, 1.82) is 0 Å². The van der Waals surface area contributed by atoms with Crippen LogP contribution >= 0.6 is 0 Å². The van der Waals surface area contributed by atoms with E-state index >= 15 is 0 Å². The van der Waals surface area contributed by atoms with Gasteiger partial charge in [0.15, 0.2) is 6.20 Å². The Morgan fingerprint density at radius 3 is 2.50 bits per heavy atom. The van der Waals surface area contributed by atoms with E-state index in [1.807, 2.05) is 43.7 Å². The molecule has 0 saturated carbocycles. The fourth-order valence-electron chi connectivity index (χ4n) is 2.27. The molecule has 0 unspecified atom stereocenters. The third kappa shape index (κ3) is 2.31. The third-order valence-corrected chi connectivity index (χ3v) is 3.35. The first-order valence-corrected chi connectivity index (χ1v) is 6.32. The minimum atomic E-state index is -2.08. The lowest BCUT2D eigenvalue weighted by Crippen LogP contribution is -2.32. The Morgan fingerprint density at radius 2 is 1.89 bits per heavy atom. The lowest BCUT2D eigenvalue weighted by Gasteiger charge is -2.11. The van der Waals surface area contributed by atoms with Gasteiger partial charge >= 0.3 is 0 Å². The predicted molar refractivity (Wildman–Crippen MR) is 76.6 cm³/mol. The first-order valence-electron chi connectivity index (χ1n) is 7.82. The zero-order valence-electron chi connectivity index (χ0n) is 14.5. The average Bonchev–Trinajstić information content (AvgIpc) is 2.38. The molecule has 94 valence electrons. The second-order valence-corrected chi connectivity index (χ2v) is 5.11. The summed E-state index contributed by atoms with van der Waals surface area (Å²) in [6.45, 7) is 4.06. The van der Waals surface area contributed by atoms with Crippen molar-refractivity contribution in [3.8, 4) is 11.3 Å². The van der Waals surface area contributed by atoms with Gasteiger partial charge in [0, 0.05) is 21.3 Å². The zero-order chi connectivity index (χ0) is 15.8. The minimum absolute atomic E-state index is 0.171. The highest BCUT2D eigenvalue weighted by atomic mass is 14.9. The van der Waals surface area contributed by atoms with E-state index in [9.17, 15) is 0 Å². The lowest BCUT2D eigenvalue weighted by atomic mass is 9.96. The van der Waals surface area contributed by atoms with Crippen molar-refractivity contribution < 1.29 is 8.68 Å². The summed E-state index contributed by atoms with van der Waals surface area (Å²) in [5, 5.41) is 0. The van der Waals surface area contributed by atoms with Crippen LogP contribution in [0.15, 0.2) is 36.5 Å². The van der Waals surface area contributed by atoms with Gasteiger partial charge in [-0.2, -0.15) is 0 Å². The van der Waals surface area contributed by atoms with Gasteiger partial charge in [-0.25, -0.2) is 4.57 Å². The largest absolute Gasteiger partial charge is 0.212 e. The summed E-state index contributed by atoms with van der Waals surface area (Å²) in [5.74, 6) is 0.171. The molecule has 0 atom stereocenters. The minimum Gasteiger partial charge on any atom is -0.201 e. The number of aromatic nitrogens is 1. The Balaban J connectivity index is 2.71. The van der Waals surface area contributed by atoms with E-state index in [4.69, 9.17) is 4.11 Å². The molecule has 0 radical (unpaired) electrons. The Hall–Kier alpha value is -1.63. The molecule has 1 aromatic carbocycles. The van der Waals surface area contributed by atoms with Crippen LogP contribution in [0.4, 0.5) is 0 Å². The van der Waals surface area contributed by atoms with Crippen molar-refractivity contribution in [3.63, 3.8) is 0 Å². The molecule has 0 bridgehead atoms. The van der Waals surface area contributed by atoms with Gasteiger partial charge in [0.05, 0.1) is 0 Å². The van der Waals surface area contributed by atoms with Crippen LogP contribution in [0.1, 0.15) is 40.6 Å². The highest BCUT2D eigenvalue weighted by Gasteiger charge is 2.16. The summed E-state index contributed by atoms with van der Waals surface area (Å²) in [5.41, 5.74) is 4.71. The topological polar surface area (TPSA) is 3.88 Å². The quantitative estimate of drug-likeness (QED) is 0.704. The predicted octanol–water partition coefficient (Wildman–Crippen LogP) is 3.92. The zero-order valence-corrected chi connectivity index (χ0v) is 11.5. The summed E-state index contributed by atoms with van der Waals surface area (Å²) in [6.07, 6.45) is 1.75. The van der Waals surface area contributed by atoms with Crippen molar-refractivity contribution in [3.05, 3.63) is 53.2 Å². The van der Waals surface area contributed by atoms with E-state index in [-0.39, 0.29) is 5.92 Å². The molecule has 0 aliphatic heterocycles. The molecule has 0 aliphatic carbocycles. The standard InChI is InChI=1S/C17H22N/c1-12(2)16-10-17(18(5)11-14(16)4)15-9-7-6-8-13(15)3/h6-12H,1-5H3/q+1/i4D3. The molecule has 0 aliphatic rings. The number of aryl methyl sites for hydroxylation is 3. The summed E-state index contributed by atoms with van der Waals surface area (Å²) in [7, 11) is 1.90. The maximum atomic E-state index is 7.74. The van der Waals surface area contributed by atoms with E-state index in [1.54, 1.807) is 6.20 Å². The molecule has 1 heterocycles. The Kier molecular flexibility index (Phi) is 2.55. The molecule has 0 fully saturated rings. The summed E-state index contributed by atoms with van der Waals surface area (Å²) in [6, 6.07) is 10.2. The van der Waals surface area contributed by atoms with Gasteiger partial charge in [-0.15, -0.1) is 0 Å². The number of pyridine rings is 1. The first-order chi connectivity index (χ1) is 9.71. The third-order valence-electron chi connectivity index (χ3n) is 3.35. The van der Waals surface area contributed by atoms with Gasteiger partial charge in [0.25, 0.3) is 0 Å². The van der Waals surface area contributed by atoms with Crippen molar-refractivity contribution in [2.75, 3.05) is 0 Å². The SMILES string of the molecule is [2H]C([2H])([2H])c1c[n+](C)c(-c2ccccc2C)cc1C(C)C. The molecule has 1 nitrogen and oxygen atoms in total. The fraction of sp³-hybridized carbons (Fsp3) is 0.353. The molecular formula is C17H22N+. The molecule has 0 spiro atoms. The number of hydrogen-bond acceptors (Lipinski definition) is 0. The number of nitrogens with zero attached hydrogens (tertiary/aromatic N) is 1. The van der Waals surface area contributed by atoms with Crippen LogP contribution in [0.25, 0.3) is 11.3 Å². The van der Waals surface area contributed by atoms with E-state index in [0.29, 0.717) is 5.56 Å². The second kappa shape index (κ2) is 4.93. The molecular weight excluding hydrogens is 218 g/mol. The number of rotatable bonds is 2. The van der Waals surface area contributed by atoms with Gasteiger partial charge in [0.1, 0.15) is 7.05 Å². The molecule has 18 heavy (non-hydrogen) atoms. The van der Waals surface area contributed by atoms with E-state index in [2.05, 4.69) is 19.1 Å². The molecule has 0 amide bonds. The summed E-state index contributed by atoms with van der Waals surface area (Å²) >= 11 is 0. The Labute approximate surface area is 114 Å². The number of hydrogen-bond donors (Lipinski definition) is 0. The van der Waals surface area contributed by atoms with Crippen molar-refractivity contribution in [1.82, 2.24) is 0 Å². The molecule has 0 saturated heterocycles. The van der Waals surface area contributed by atoms with Gasteiger partial charge in [-0.3, -0.25) is 0 Å². The molecule has 2 rings (SSSR count). The van der Waals surface area contributed by atoms with Crippen LogP contribution in [0.3, 0.4) is 0 Å². The van der Waals surface area contributed by atoms with E-state index < -0.39 is 6.85 Å². The van der Waals surface area contributed by atoms with Crippen LogP contribution in [-0.4, -0.2) is 0 Å². The van der Waals surface area contributed by atoms with Crippen molar-refractivity contribution in [2.24, 2.45) is 7.05 Å². The molecule has 1 aromatic heterocycles. The van der Waals surface area contributed by atoms with Crippen LogP contribution in [0.2, 0.25) is 0 Å². The smallest absolute Gasteiger partial charge is 0.201 e. The first kappa shape index (κ1) is 9.32. The van der Waals surface area contributed by atoms with Crippen LogP contribution in [0, 0.1) is 13.8 Å². The van der Waals surface area contributed by atoms with E-state index in [0.717, 1.165) is 16.8 Å². The van der Waals surface area contributed by atoms with Crippen molar-refractivity contribution >= 4 is 0 Å². The Morgan fingerprint density at radius 1 is 1.17 bits per heavy atom. The molecule has 2 aromatic rings. The molecule has 0 N–H and O–H groups in total. The fourth-order valence-corrected chi connectivity index (χ4v) is 2.27. The van der Waals surface area contributed by atoms with Gasteiger partial charge < -0.3 is 0 Å². The van der Waals surface area contributed by atoms with Crippen LogP contribution < -0.4 is 4.57 Å². The highest BCUT2D eigenvalue weighted by Crippen LogP contribution is 2.25. The highest BCUT2D eigenvalue weighted by molar-refractivity contribution is 5.61. The molecule has 1 heteroatoms. The van der Waals surface area contributed by atoms with Crippen LogP contribution in [0.5, 0.6) is 0 Å². The second-order valence-electron chi connectivity index (χ2n) is 5.11. The monoisotopic (exact) mass is 243 g/mol. The van der Waals surface area contributed by atoms with Gasteiger partial charge in [-0.05, 0) is 36.9 Å². The van der Waals surface area contributed by atoms with E-state index in [1.165, 1.54) is 5.56 Å². The average molecular weight is 243 g/mol. The van der Waals surface area contributed by atoms with Gasteiger partial charge in [0.2, 0.25) is 5.69 Å². The summed E-state index contributed by atoms with van der Waals surface area (Å²) in [4.78, 5) is 0. The van der Waals surface area contributed by atoms with Crippen molar-refractivity contribution in [2.45, 2.75) is 33.5 Å². The lowest BCUT2D eigenvalue weighted by molar-refractivity contribution is -0.660. The maximum absolute atomic E-state index is 7.74. The van der Waals surface area contributed by atoms with Gasteiger partial charge in [-0.1, -0.05) is 32.0 Å². The Bertz CT molecular complexity index is 658.